The molecule has 1 heterocycles. The lowest BCUT2D eigenvalue weighted by Crippen LogP contribution is -2.35. The minimum Gasteiger partial charge on any atom is -0.480 e. The van der Waals surface area contributed by atoms with Crippen LogP contribution in [0.25, 0.3) is 5.69 Å². The Kier molecular flexibility index (Phi) is 5.52. The standard InChI is InChI=1S/C15H18BrN3O2/c1-2-3-14(15(20)21)17-8-11-9-18-19(10-11)13-6-4-12(16)5-7-13/h4-7,9-10,14,17H,2-3,8H2,1H3,(H,20,21). The van der Waals surface area contributed by atoms with E-state index >= 15 is 0 Å². The number of aliphatic carboxylic acids is 1. The van der Waals surface area contributed by atoms with Crippen LogP contribution in [0.5, 0.6) is 0 Å². The number of aromatic nitrogens is 2. The van der Waals surface area contributed by atoms with Crippen LogP contribution in [-0.4, -0.2) is 26.9 Å². The van der Waals surface area contributed by atoms with Gasteiger partial charge < -0.3 is 10.4 Å². The van der Waals surface area contributed by atoms with Crippen LogP contribution in [0.2, 0.25) is 0 Å². The van der Waals surface area contributed by atoms with Crippen molar-refractivity contribution in [2.75, 3.05) is 0 Å². The van der Waals surface area contributed by atoms with Gasteiger partial charge in [-0.25, -0.2) is 4.68 Å². The molecular formula is C15H18BrN3O2. The number of hydrogen-bond acceptors (Lipinski definition) is 3. The number of carboxylic acids is 1. The Morgan fingerprint density at radius 1 is 1.43 bits per heavy atom. The van der Waals surface area contributed by atoms with Gasteiger partial charge in [0.05, 0.1) is 11.9 Å². The summed E-state index contributed by atoms with van der Waals surface area (Å²) in [6.45, 7) is 2.47. The van der Waals surface area contributed by atoms with E-state index < -0.39 is 12.0 Å². The van der Waals surface area contributed by atoms with Gasteiger partial charge in [0.15, 0.2) is 0 Å². The maximum atomic E-state index is 11.1. The minimum absolute atomic E-state index is 0.494. The van der Waals surface area contributed by atoms with E-state index in [9.17, 15) is 4.79 Å². The Bertz CT molecular complexity index is 595. The maximum Gasteiger partial charge on any atom is 0.320 e. The predicted molar refractivity (Wildman–Crippen MR) is 84.4 cm³/mol. The summed E-state index contributed by atoms with van der Waals surface area (Å²) in [6, 6.07) is 7.33. The molecule has 0 saturated carbocycles. The SMILES string of the molecule is CCCC(NCc1cnn(-c2ccc(Br)cc2)c1)C(=O)O. The van der Waals surface area contributed by atoms with Gasteiger partial charge in [0, 0.05) is 22.8 Å². The quantitative estimate of drug-likeness (QED) is 0.804. The molecule has 21 heavy (non-hydrogen) atoms. The maximum absolute atomic E-state index is 11.1. The molecule has 1 aromatic carbocycles. The van der Waals surface area contributed by atoms with Crippen molar-refractivity contribution in [1.29, 1.82) is 0 Å². The van der Waals surface area contributed by atoms with Crippen LogP contribution in [0.3, 0.4) is 0 Å². The van der Waals surface area contributed by atoms with Crippen LogP contribution < -0.4 is 5.32 Å². The molecule has 0 bridgehead atoms. The highest BCUT2D eigenvalue weighted by Crippen LogP contribution is 2.14. The second-order valence-electron chi connectivity index (χ2n) is 4.83. The molecule has 2 N–H and O–H groups in total. The molecule has 0 aliphatic heterocycles. The van der Waals surface area contributed by atoms with Crippen molar-refractivity contribution < 1.29 is 9.90 Å². The number of halogens is 1. The largest absolute Gasteiger partial charge is 0.480 e. The van der Waals surface area contributed by atoms with Gasteiger partial charge in [-0.1, -0.05) is 29.3 Å². The van der Waals surface area contributed by atoms with Gasteiger partial charge in [-0.2, -0.15) is 5.10 Å². The van der Waals surface area contributed by atoms with E-state index in [2.05, 4.69) is 26.3 Å². The van der Waals surface area contributed by atoms with E-state index in [4.69, 9.17) is 5.11 Å². The van der Waals surface area contributed by atoms with Crippen LogP contribution in [0.1, 0.15) is 25.3 Å². The smallest absolute Gasteiger partial charge is 0.320 e. The molecule has 0 spiro atoms. The van der Waals surface area contributed by atoms with Crippen molar-refractivity contribution in [1.82, 2.24) is 15.1 Å². The summed E-state index contributed by atoms with van der Waals surface area (Å²) in [7, 11) is 0. The number of carbonyl (C=O) groups is 1. The highest BCUT2D eigenvalue weighted by atomic mass is 79.9. The Morgan fingerprint density at radius 2 is 2.14 bits per heavy atom. The fourth-order valence-electron chi connectivity index (χ4n) is 2.03. The van der Waals surface area contributed by atoms with Crippen LogP contribution in [0.15, 0.2) is 41.1 Å². The van der Waals surface area contributed by atoms with Crippen molar-refractivity contribution in [3.63, 3.8) is 0 Å². The molecule has 1 atom stereocenters. The van der Waals surface area contributed by atoms with Gasteiger partial charge >= 0.3 is 5.97 Å². The van der Waals surface area contributed by atoms with E-state index in [1.165, 1.54) is 0 Å². The fraction of sp³-hybridized carbons (Fsp3) is 0.333. The molecule has 2 rings (SSSR count). The second-order valence-corrected chi connectivity index (χ2v) is 5.75. The number of carboxylic acid groups (broad SMARTS) is 1. The number of hydrogen-bond donors (Lipinski definition) is 2. The van der Waals surface area contributed by atoms with Gasteiger partial charge in [-0.05, 0) is 30.7 Å². The zero-order valence-corrected chi connectivity index (χ0v) is 13.4. The second kappa shape index (κ2) is 7.38. The molecule has 0 aliphatic rings. The summed E-state index contributed by atoms with van der Waals surface area (Å²) in [5, 5.41) is 16.5. The number of nitrogens with one attached hydrogen (secondary N) is 1. The average molecular weight is 352 g/mol. The highest BCUT2D eigenvalue weighted by Gasteiger charge is 2.15. The first-order valence-electron chi connectivity index (χ1n) is 6.86. The monoisotopic (exact) mass is 351 g/mol. The first-order valence-corrected chi connectivity index (χ1v) is 7.65. The lowest BCUT2D eigenvalue weighted by molar-refractivity contribution is -0.139. The van der Waals surface area contributed by atoms with Crippen LogP contribution in [0.4, 0.5) is 0 Å². The topological polar surface area (TPSA) is 67.2 Å². The third-order valence-electron chi connectivity index (χ3n) is 3.16. The normalized spacial score (nSPS) is 12.3. The first-order chi connectivity index (χ1) is 10.1. The summed E-state index contributed by atoms with van der Waals surface area (Å²) in [4.78, 5) is 11.1. The molecule has 6 heteroatoms. The summed E-state index contributed by atoms with van der Waals surface area (Å²) in [6.07, 6.45) is 5.11. The molecule has 0 saturated heterocycles. The predicted octanol–water partition coefficient (Wildman–Crippen LogP) is 2.98. The third-order valence-corrected chi connectivity index (χ3v) is 3.68. The van der Waals surface area contributed by atoms with Gasteiger partial charge in [0.1, 0.15) is 6.04 Å². The number of nitrogens with zero attached hydrogens (tertiary/aromatic N) is 2. The van der Waals surface area contributed by atoms with Crippen LogP contribution >= 0.6 is 15.9 Å². The van der Waals surface area contributed by atoms with E-state index in [0.717, 1.165) is 22.1 Å². The van der Waals surface area contributed by atoms with Gasteiger partial charge in [-0.3, -0.25) is 4.79 Å². The zero-order chi connectivity index (χ0) is 15.2. The molecular weight excluding hydrogens is 334 g/mol. The Labute approximate surface area is 132 Å². The van der Waals surface area contributed by atoms with Crippen molar-refractivity contribution >= 4 is 21.9 Å². The van der Waals surface area contributed by atoms with E-state index in [1.54, 1.807) is 10.9 Å². The summed E-state index contributed by atoms with van der Waals surface area (Å²) < 4.78 is 2.79. The van der Waals surface area contributed by atoms with Gasteiger partial charge in [-0.15, -0.1) is 0 Å². The molecule has 1 unspecified atom stereocenters. The Balaban J connectivity index is 2.00. The lowest BCUT2D eigenvalue weighted by atomic mass is 10.1. The van der Waals surface area contributed by atoms with Crippen molar-refractivity contribution in [3.8, 4) is 5.69 Å². The van der Waals surface area contributed by atoms with Crippen LogP contribution in [0, 0.1) is 0 Å². The van der Waals surface area contributed by atoms with Crippen LogP contribution in [-0.2, 0) is 11.3 Å². The summed E-state index contributed by atoms with van der Waals surface area (Å²) in [5.41, 5.74) is 1.92. The fourth-order valence-corrected chi connectivity index (χ4v) is 2.29. The van der Waals surface area contributed by atoms with Crippen molar-refractivity contribution in [2.24, 2.45) is 0 Å². The molecule has 1 aromatic heterocycles. The molecule has 112 valence electrons. The molecule has 2 aromatic rings. The van der Waals surface area contributed by atoms with E-state index in [1.807, 2.05) is 37.4 Å². The Morgan fingerprint density at radius 3 is 2.76 bits per heavy atom. The van der Waals surface area contributed by atoms with Crippen molar-refractivity contribution in [3.05, 3.63) is 46.7 Å². The third kappa shape index (κ3) is 4.41. The van der Waals surface area contributed by atoms with Gasteiger partial charge in [0.2, 0.25) is 0 Å². The molecule has 5 nitrogen and oxygen atoms in total. The Hall–Kier alpha value is -1.66. The molecule has 0 amide bonds. The summed E-state index contributed by atoms with van der Waals surface area (Å²) >= 11 is 3.40. The number of benzene rings is 1. The average Bonchev–Trinajstić information content (AvgIpc) is 2.92. The zero-order valence-electron chi connectivity index (χ0n) is 11.8. The van der Waals surface area contributed by atoms with E-state index in [0.29, 0.717) is 13.0 Å². The number of rotatable bonds is 7. The van der Waals surface area contributed by atoms with Crippen molar-refractivity contribution in [2.45, 2.75) is 32.4 Å². The lowest BCUT2D eigenvalue weighted by Gasteiger charge is -2.12. The minimum atomic E-state index is -0.808. The first kappa shape index (κ1) is 15.7. The van der Waals surface area contributed by atoms with E-state index in [-0.39, 0.29) is 0 Å². The van der Waals surface area contributed by atoms with Gasteiger partial charge in [0.25, 0.3) is 0 Å². The molecule has 0 radical (unpaired) electrons. The molecule has 0 aliphatic carbocycles. The molecule has 0 fully saturated rings. The highest BCUT2D eigenvalue weighted by molar-refractivity contribution is 9.10. The summed E-state index contributed by atoms with van der Waals surface area (Å²) in [5.74, 6) is -0.808.